The zero-order valence-electron chi connectivity index (χ0n) is 14.7. The van der Waals surface area contributed by atoms with Gasteiger partial charge in [0.15, 0.2) is 9.84 Å². The van der Waals surface area contributed by atoms with Crippen LogP contribution in [-0.4, -0.2) is 54.5 Å². The van der Waals surface area contributed by atoms with E-state index in [0.29, 0.717) is 13.0 Å². The summed E-state index contributed by atoms with van der Waals surface area (Å²) in [6.45, 7) is 1.18. The van der Waals surface area contributed by atoms with Crippen LogP contribution in [0.1, 0.15) is 18.4 Å². The molecule has 2 aromatic carbocycles. The third-order valence-corrected chi connectivity index (χ3v) is 6.70. The predicted molar refractivity (Wildman–Crippen MR) is 101 cm³/mol. The van der Waals surface area contributed by atoms with Gasteiger partial charge in [-0.3, -0.25) is 4.90 Å². The number of hydrogen-bond donors (Lipinski definition) is 2. The Morgan fingerprint density at radius 2 is 1.73 bits per heavy atom. The maximum absolute atomic E-state index is 12.6. The quantitative estimate of drug-likeness (QED) is 0.810. The van der Waals surface area contributed by atoms with E-state index in [4.69, 9.17) is 0 Å². The standard InChI is InChI=1S/C20H25NO4S/c22-17-8-10-18(11-9-17)26(24,25)14-13-21-12-4-7-20(23)19(21)15-16-5-2-1-3-6-16/h1-3,5-6,8-11,19-20,22-23H,4,7,12-15H2. The Morgan fingerprint density at radius 1 is 1.04 bits per heavy atom. The van der Waals surface area contributed by atoms with Crippen molar-refractivity contribution < 1.29 is 18.6 Å². The van der Waals surface area contributed by atoms with E-state index in [-0.39, 0.29) is 22.4 Å². The van der Waals surface area contributed by atoms with Crippen molar-refractivity contribution in [2.24, 2.45) is 0 Å². The molecule has 2 atom stereocenters. The van der Waals surface area contributed by atoms with E-state index < -0.39 is 15.9 Å². The number of hydrogen-bond acceptors (Lipinski definition) is 5. The zero-order chi connectivity index (χ0) is 18.6. The summed E-state index contributed by atoms with van der Waals surface area (Å²) in [6, 6.07) is 15.5. The van der Waals surface area contributed by atoms with E-state index in [2.05, 4.69) is 4.90 Å². The van der Waals surface area contributed by atoms with Gasteiger partial charge in [-0.05, 0) is 55.6 Å². The van der Waals surface area contributed by atoms with Crippen LogP contribution in [0.5, 0.6) is 5.75 Å². The molecule has 2 N–H and O–H groups in total. The molecular weight excluding hydrogens is 350 g/mol. The number of rotatable bonds is 6. The largest absolute Gasteiger partial charge is 0.508 e. The van der Waals surface area contributed by atoms with Crippen LogP contribution >= 0.6 is 0 Å². The Hall–Kier alpha value is -1.89. The van der Waals surface area contributed by atoms with Crippen LogP contribution in [-0.2, 0) is 16.3 Å². The summed E-state index contributed by atoms with van der Waals surface area (Å²) in [7, 11) is -3.42. The number of aromatic hydroxyl groups is 1. The molecule has 0 bridgehead atoms. The van der Waals surface area contributed by atoms with Crippen molar-refractivity contribution in [1.82, 2.24) is 4.90 Å². The van der Waals surface area contributed by atoms with Gasteiger partial charge in [0, 0.05) is 12.6 Å². The number of piperidine rings is 1. The van der Waals surface area contributed by atoms with Crippen LogP contribution in [0.15, 0.2) is 59.5 Å². The first-order valence-electron chi connectivity index (χ1n) is 8.93. The highest BCUT2D eigenvalue weighted by Gasteiger charge is 2.31. The molecule has 2 aromatic rings. The molecule has 26 heavy (non-hydrogen) atoms. The van der Waals surface area contributed by atoms with Gasteiger partial charge in [0.25, 0.3) is 0 Å². The smallest absolute Gasteiger partial charge is 0.179 e. The van der Waals surface area contributed by atoms with Crippen LogP contribution in [0.25, 0.3) is 0 Å². The predicted octanol–water partition coefficient (Wildman–Crippen LogP) is 2.23. The Morgan fingerprint density at radius 3 is 2.42 bits per heavy atom. The van der Waals surface area contributed by atoms with E-state index in [9.17, 15) is 18.6 Å². The minimum Gasteiger partial charge on any atom is -0.508 e. The maximum Gasteiger partial charge on any atom is 0.179 e. The monoisotopic (exact) mass is 375 g/mol. The molecule has 0 amide bonds. The molecule has 1 aliphatic heterocycles. The summed E-state index contributed by atoms with van der Waals surface area (Å²) >= 11 is 0. The Bertz CT molecular complexity index is 805. The van der Waals surface area contributed by atoms with Gasteiger partial charge in [-0.15, -0.1) is 0 Å². The summed E-state index contributed by atoms with van der Waals surface area (Å²) < 4.78 is 25.1. The van der Waals surface area contributed by atoms with E-state index in [1.807, 2.05) is 30.3 Å². The molecule has 6 heteroatoms. The molecule has 3 rings (SSSR count). The molecule has 0 saturated carbocycles. The third kappa shape index (κ3) is 4.63. The van der Waals surface area contributed by atoms with Crippen molar-refractivity contribution >= 4 is 9.84 Å². The average molecular weight is 375 g/mol. The van der Waals surface area contributed by atoms with Gasteiger partial charge in [0.1, 0.15) is 5.75 Å². The van der Waals surface area contributed by atoms with Crippen molar-refractivity contribution in [2.45, 2.75) is 36.3 Å². The van der Waals surface area contributed by atoms with Gasteiger partial charge in [-0.1, -0.05) is 30.3 Å². The molecule has 140 valence electrons. The van der Waals surface area contributed by atoms with E-state index in [1.165, 1.54) is 24.3 Å². The molecule has 5 nitrogen and oxygen atoms in total. The van der Waals surface area contributed by atoms with Gasteiger partial charge < -0.3 is 10.2 Å². The van der Waals surface area contributed by atoms with Gasteiger partial charge in [0.2, 0.25) is 0 Å². The molecule has 0 aliphatic carbocycles. The summed E-state index contributed by atoms with van der Waals surface area (Å²) in [4.78, 5) is 2.31. The lowest BCUT2D eigenvalue weighted by molar-refractivity contribution is 0.0143. The SMILES string of the molecule is O=S(=O)(CCN1CCCC(O)C1Cc1ccccc1)c1ccc(O)cc1. The summed E-state index contributed by atoms with van der Waals surface area (Å²) in [5.41, 5.74) is 1.14. The van der Waals surface area contributed by atoms with Crippen LogP contribution < -0.4 is 0 Å². The first-order chi connectivity index (χ1) is 12.5. The number of nitrogens with zero attached hydrogens (tertiary/aromatic N) is 1. The number of benzene rings is 2. The molecule has 1 heterocycles. The molecule has 2 unspecified atom stereocenters. The second-order valence-electron chi connectivity index (χ2n) is 6.82. The van der Waals surface area contributed by atoms with Crippen molar-refractivity contribution in [3.05, 3.63) is 60.2 Å². The fourth-order valence-corrected chi connectivity index (χ4v) is 4.77. The van der Waals surface area contributed by atoms with Crippen LogP contribution in [0.4, 0.5) is 0 Å². The zero-order valence-corrected chi connectivity index (χ0v) is 15.5. The first kappa shape index (κ1) is 18.9. The van der Waals surface area contributed by atoms with Crippen molar-refractivity contribution in [3.63, 3.8) is 0 Å². The van der Waals surface area contributed by atoms with Gasteiger partial charge in [-0.2, -0.15) is 0 Å². The first-order valence-corrected chi connectivity index (χ1v) is 10.6. The summed E-state index contributed by atoms with van der Waals surface area (Å²) in [5.74, 6) is 0.0431. The third-order valence-electron chi connectivity index (χ3n) is 4.99. The molecule has 1 aliphatic rings. The lowest BCUT2D eigenvalue weighted by Gasteiger charge is -2.39. The Labute approximate surface area is 154 Å². The highest BCUT2D eigenvalue weighted by molar-refractivity contribution is 7.91. The summed E-state index contributed by atoms with van der Waals surface area (Å²) in [6.07, 6.45) is 1.88. The van der Waals surface area contributed by atoms with E-state index >= 15 is 0 Å². The normalized spacial score (nSPS) is 21.6. The van der Waals surface area contributed by atoms with Crippen LogP contribution in [0, 0.1) is 0 Å². The number of likely N-dealkylation sites (tertiary alicyclic amines) is 1. The number of sulfone groups is 1. The lowest BCUT2D eigenvalue weighted by Crippen LogP contribution is -2.50. The van der Waals surface area contributed by atoms with Crippen LogP contribution in [0.2, 0.25) is 0 Å². The second-order valence-corrected chi connectivity index (χ2v) is 8.92. The summed E-state index contributed by atoms with van der Waals surface area (Å²) in [5, 5.41) is 19.8. The van der Waals surface area contributed by atoms with Crippen LogP contribution in [0.3, 0.4) is 0 Å². The molecule has 0 spiro atoms. The average Bonchev–Trinajstić information content (AvgIpc) is 2.63. The molecule has 0 radical (unpaired) electrons. The number of phenolic OH excluding ortho intramolecular Hbond substituents is 1. The van der Waals surface area contributed by atoms with Gasteiger partial charge >= 0.3 is 0 Å². The topological polar surface area (TPSA) is 77.8 Å². The Kier molecular flexibility index (Phi) is 5.96. The molecule has 0 aromatic heterocycles. The van der Waals surface area contributed by atoms with Crippen molar-refractivity contribution in [3.8, 4) is 5.75 Å². The maximum atomic E-state index is 12.6. The Balaban J connectivity index is 1.69. The van der Waals surface area contributed by atoms with Gasteiger partial charge in [-0.25, -0.2) is 8.42 Å². The van der Waals surface area contributed by atoms with Gasteiger partial charge in [0.05, 0.1) is 16.8 Å². The van der Waals surface area contributed by atoms with E-state index in [1.54, 1.807) is 0 Å². The molecule has 1 fully saturated rings. The highest BCUT2D eigenvalue weighted by Crippen LogP contribution is 2.22. The lowest BCUT2D eigenvalue weighted by atomic mass is 9.93. The molecular formula is C20H25NO4S. The number of aliphatic hydroxyl groups is 1. The number of aliphatic hydroxyl groups excluding tert-OH is 1. The fraction of sp³-hybridized carbons (Fsp3) is 0.400. The minimum absolute atomic E-state index is 0.00418. The van der Waals surface area contributed by atoms with Crippen molar-refractivity contribution in [2.75, 3.05) is 18.8 Å². The fourth-order valence-electron chi connectivity index (χ4n) is 3.51. The highest BCUT2D eigenvalue weighted by atomic mass is 32.2. The minimum atomic E-state index is -3.42. The molecule has 1 saturated heterocycles. The second kappa shape index (κ2) is 8.20. The van der Waals surface area contributed by atoms with Crippen molar-refractivity contribution in [1.29, 1.82) is 0 Å². The van der Waals surface area contributed by atoms with E-state index in [0.717, 1.165) is 24.9 Å². The number of phenols is 1.